The summed E-state index contributed by atoms with van der Waals surface area (Å²) in [4.78, 5) is 3.89. The Morgan fingerprint density at radius 1 is 1.27 bits per heavy atom. The third kappa shape index (κ3) is 4.08. The molecule has 0 saturated heterocycles. The monoisotopic (exact) mass is 142 g/mol. The van der Waals surface area contributed by atoms with Gasteiger partial charge in [-0.25, -0.2) is 0 Å². The summed E-state index contributed by atoms with van der Waals surface area (Å²) in [5, 5.41) is 4.32. The first-order valence-electron chi connectivity index (χ1n) is 3.40. The first-order valence-corrected chi connectivity index (χ1v) is 3.40. The molecule has 0 saturated carbocycles. The van der Waals surface area contributed by atoms with Crippen LogP contribution in [0.4, 0.5) is 5.69 Å². The van der Waals surface area contributed by atoms with Gasteiger partial charge in [0.25, 0.3) is 0 Å². The molecule has 54 valence electrons. The zero-order chi connectivity index (χ0) is 7.40. The van der Waals surface area contributed by atoms with E-state index in [0.29, 0.717) is 6.04 Å². The van der Waals surface area contributed by atoms with Crippen molar-refractivity contribution >= 4 is 5.69 Å². The molecule has 0 radical (unpaired) electrons. The molecule has 3 heteroatoms. The first-order chi connectivity index (χ1) is 4.79. The topological polar surface area (TPSA) is 27.0 Å². The zero-order valence-corrected chi connectivity index (χ0v) is 7.28. The molecule has 1 rings (SSSR count). The van der Waals surface area contributed by atoms with E-state index < -0.39 is 0 Å². The Balaban J connectivity index is 0.000001000. The average molecular weight is 142 g/mol. The van der Waals surface area contributed by atoms with Gasteiger partial charge in [-0.15, -0.1) is 11.7 Å². The molecular weight excluding hydrogens is 131 g/mol. The summed E-state index contributed by atoms with van der Waals surface area (Å²) in [5.74, 6) is 0. The normalized spacial score (nSPS) is 9.00. The second-order valence-electron chi connectivity index (χ2n) is 2.43. The summed E-state index contributed by atoms with van der Waals surface area (Å²) >= 11 is 0. The molecule has 1 aromatic rings. The van der Waals surface area contributed by atoms with Crippen LogP contribution in [0.15, 0.2) is 24.5 Å². The molecule has 0 N–H and O–H groups in total. The molecule has 0 spiro atoms. The Kier molecular flexibility index (Phi) is 5.02. The Morgan fingerprint density at radius 2 is 1.82 bits per heavy atom. The standard InChI is InChI=1S/C8H11N2.Li/c1-7(2)10-8-3-5-9-6-4-8;/h3-7H,1-2H3;/q-1;+1. The second-order valence-corrected chi connectivity index (χ2v) is 2.43. The van der Waals surface area contributed by atoms with Crippen molar-refractivity contribution in [2.75, 3.05) is 0 Å². The van der Waals surface area contributed by atoms with E-state index in [-0.39, 0.29) is 18.9 Å². The molecule has 0 bridgehead atoms. The molecule has 0 fully saturated rings. The molecule has 0 aliphatic heterocycles. The van der Waals surface area contributed by atoms with Crippen LogP contribution in [0.25, 0.3) is 5.32 Å². The van der Waals surface area contributed by atoms with Gasteiger partial charge in [0.1, 0.15) is 0 Å². The summed E-state index contributed by atoms with van der Waals surface area (Å²) < 4.78 is 0. The van der Waals surface area contributed by atoms with Crippen molar-refractivity contribution in [1.29, 1.82) is 0 Å². The van der Waals surface area contributed by atoms with Gasteiger partial charge in [-0.3, -0.25) is 4.98 Å². The van der Waals surface area contributed by atoms with Crippen LogP contribution in [-0.4, -0.2) is 11.0 Å². The molecule has 0 amide bonds. The number of hydrogen-bond acceptors (Lipinski definition) is 1. The predicted molar refractivity (Wildman–Crippen MR) is 42.4 cm³/mol. The van der Waals surface area contributed by atoms with Crippen LogP contribution in [0.5, 0.6) is 0 Å². The quantitative estimate of drug-likeness (QED) is 0.511. The van der Waals surface area contributed by atoms with E-state index in [2.05, 4.69) is 24.1 Å². The van der Waals surface area contributed by atoms with Crippen molar-refractivity contribution in [3.05, 3.63) is 29.8 Å². The maximum Gasteiger partial charge on any atom is 1.00 e. The molecule has 1 heterocycles. The minimum atomic E-state index is 0. The second kappa shape index (κ2) is 5.23. The third-order valence-electron chi connectivity index (χ3n) is 1.07. The first kappa shape index (κ1) is 10.5. The van der Waals surface area contributed by atoms with E-state index >= 15 is 0 Å². The summed E-state index contributed by atoms with van der Waals surface area (Å²) in [5.41, 5.74) is 1.00. The van der Waals surface area contributed by atoms with Gasteiger partial charge in [0.15, 0.2) is 0 Å². The largest absolute Gasteiger partial charge is 1.00 e. The Morgan fingerprint density at radius 3 is 2.27 bits per heavy atom. The number of aromatic nitrogens is 1. The van der Waals surface area contributed by atoms with E-state index in [9.17, 15) is 0 Å². The maximum atomic E-state index is 4.32. The van der Waals surface area contributed by atoms with Gasteiger partial charge < -0.3 is 5.32 Å². The molecule has 0 aromatic carbocycles. The van der Waals surface area contributed by atoms with Crippen LogP contribution < -0.4 is 18.9 Å². The average Bonchev–Trinajstić information content (AvgIpc) is 1.88. The molecular formula is C8H11LiN2. The van der Waals surface area contributed by atoms with Crippen LogP contribution in [0, 0.1) is 0 Å². The van der Waals surface area contributed by atoms with Gasteiger partial charge >= 0.3 is 18.9 Å². The van der Waals surface area contributed by atoms with Gasteiger partial charge in [0, 0.05) is 12.4 Å². The fraction of sp³-hybridized carbons (Fsp3) is 0.375. The summed E-state index contributed by atoms with van der Waals surface area (Å²) in [6.45, 7) is 4.11. The van der Waals surface area contributed by atoms with Crippen molar-refractivity contribution in [3.8, 4) is 0 Å². The van der Waals surface area contributed by atoms with Gasteiger partial charge in [-0.1, -0.05) is 26.0 Å². The van der Waals surface area contributed by atoms with Gasteiger partial charge in [0.2, 0.25) is 0 Å². The van der Waals surface area contributed by atoms with Crippen LogP contribution in [0.3, 0.4) is 0 Å². The molecule has 1 aromatic heterocycles. The number of nitrogens with zero attached hydrogens (tertiary/aromatic N) is 2. The fourth-order valence-electron chi connectivity index (χ4n) is 0.728. The van der Waals surface area contributed by atoms with Crippen LogP contribution in [0.1, 0.15) is 13.8 Å². The molecule has 11 heavy (non-hydrogen) atoms. The summed E-state index contributed by atoms with van der Waals surface area (Å²) in [6, 6.07) is 4.17. The Hall–Kier alpha value is -0.453. The van der Waals surface area contributed by atoms with Crippen LogP contribution in [-0.2, 0) is 0 Å². The summed E-state index contributed by atoms with van der Waals surface area (Å²) in [6.07, 6.45) is 3.50. The van der Waals surface area contributed by atoms with E-state index in [1.807, 2.05) is 12.1 Å². The van der Waals surface area contributed by atoms with Gasteiger partial charge in [-0.05, 0) is 0 Å². The Bertz CT molecular complexity index is 187. The van der Waals surface area contributed by atoms with E-state index in [1.54, 1.807) is 12.4 Å². The molecule has 0 atom stereocenters. The predicted octanol–water partition coefficient (Wildman–Crippen LogP) is -0.501. The van der Waals surface area contributed by atoms with Crippen molar-refractivity contribution in [1.82, 2.24) is 4.98 Å². The molecule has 0 aliphatic carbocycles. The number of rotatable bonds is 2. The van der Waals surface area contributed by atoms with Crippen molar-refractivity contribution in [3.63, 3.8) is 0 Å². The molecule has 2 nitrogen and oxygen atoms in total. The van der Waals surface area contributed by atoms with E-state index in [4.69, 9.17) is 0 Å². The molecule has 0 aliphatic rings. The van der Waals surface area contributed by atoms with Gasteiger partial charge in [-0.2, -0.15) is 0 Å². The molecule has 0 unspecified atom stereocenters. The minimum Gasteiger partial charge on any atom is -0.682 e. The van der Waals surface area contributed by atoms with Gasteiger partial charge in [0.05, 0.1) is 0 Å². The third-order valence-corrected chi connectivity index (χ3v) is 1.07. The van der Waals surface area contributed by atoms with Crippen molar-refractivity contribution < 1.29 is 18.9 Å². The zero-order valence-electron chi connectivity index (χ0n) is 7.28. The van der Waals surface area contributed by atoms with E-state index in [0.717, 1.165) is 5.69 Å². The minimum absolute atomic E-state index is 0. The van der Waals surface area contributed by atoms with E-state index in [1.165, 1.54) is 0 Å². The smallest absolute Gasteiger partial charge is 0.682 e. The van der Waals surface area contributed by atoms with Crippen molar-refractivity contribution in [2.45, 2.75) is 19.9 Å². The van der Waals surface area contributed by atoms with Crippen molar-refractivity contribution in [2.24, 2.45) is 0 Å². The maximum absolute atomic E-state index is 4.32. The number of pyridine rings is 1. The fourth-order valence-corrected chi connectivity index (χ4v) is 0.728. The Labute approximate surface area is 79.6 Å². The van der Waals surface area contributed by atoms with Crippen LogP contribution in [0.2, 0.25) is 0 Å². The van der Waals surface area contributed by atoms with Crippen LogP contribution >= 0.6 is 0 Å². The number of hydrogen-bond donors (Lipinski definition) is 0. The summed E-state index contributed by atoms with van der Waals surface area (Å²) in [7, 11) is 0. The SMILES string of the molecule is CC(C)[N-]c1ccncc1.[Li+].